The lowest BCUT2D eigenvalue weighted by atomic mass is 9.86. The van der Waals surface area contributed by atoms with Crippen LogP contribution in [0.15, 0.2) is 41.5 Å². The molecule has 0 spiro atoms. The van der Waals surface area contributed by atoms with Gasteiger partial charge in [-0.05, 0) is 23.1 Å². The smallest absolute Gasteiger partial charge is 0.420 e. The highest BCUT2D eigenvalue weighted by molar-refractivity contribution is 5.87. The second-order valence-corrected chi connectivity index (χ2v) is 6.99. The van der Waals surface area contributed by atoms with E-state index in [0.717, 1.165) is 17.1 Å². The van der Waals surface area contributed by atoms with E-state index in [2.05, 4.69) is 31.8 Å². The molecular weight excluding hydrogens is 290 g/mol. The number of hydrogen-bond acceptors (Lipinski definition) is 3. The molecule has 0 aliphatic carbocycles. The Bertz CT molecular complexity index is 644. The van der Waals surface area contributed by atoms with Crippen LogP contribution in [0.5, 0.6) is 5.75 Å². The lowest BCUT2D eigenvalue weighted by Gasteiger charge is -2.30. The maximum Gasteiger partial charge on any atom is 0.420 e. The number of primary amides is 1. The van der Waals surface area contributed by atoms with E-state index in [-0.39, 0.29) is 9.90 Å². The fourth-order valence-corrected chi connectivity index (χ4v) is 2.62. The first kappa shape index (κ1) is 17.2. The van der Waals surface area contributed by atoms with Gasteiger partial charge in [-0.2, -0.15) is 4.48 Å². The third kappa shape index (κ3) is 3.79. The van der Waals surface area contributed by atoms with Crippen molar-refractivity contribution in [1.29, 1.82) is 0 Å². The summed E-state index contributed by atoms with van der Waals surface area (Å²) >= 11 is 0. The summed E-state index contributed by atoms with van der Waals surface area (Å²) < 4.78 is 5.99. The zero-order chi connectivity index (χ0) is 17.1. The first-order valence-electron chi connectivity index (χ1n) is 7.85. The van der Waals surface area contributed by atoms with E-state index in [9.17, 15) is 4.79 Å². The predicted octanol–water partition coefficient (Wildman–Crippen LogP) is 3.20. The number of nitrogens with zero attached hydrogens (tertiary/aromatic N) is 2. The molecule has 0 saturated heterocycles. The van der Waals surface area contributed by atoms with Gasteiger partial charge in [-0.3, -0.25) is 0 Å². The van der Waals surface area contributed by atoms with Crippen LogP contribution in [-0.2, 0) is 5.41 Å². The average molecular weight is 316 g/mol. The van der Waals surface area contributed by atoms with Gasteiger partial charge < -0.3 is 10.5 Å². The Hall–Kier alpha value is -2.14. The van der Waals surface area contributed by atoms with Gasteiger partial charge >= 0.3 is 6.03 Å². The van der Waals surface area contributed by atoms with Crippen molar-refractivity contribution in [2.75, 3.05) is 20.2 Å². The van der Waals surface area contributed by atoms with Crippen molar-refractivity contribution < 1.29 is 14.0 Å². The lowest BCUT2D eigenvalue weighted by molar-refractivity contribution is -0.729. The van der Waals surface area contributed by atoms with Crippen molar-refractivity contribution >= 4 is 11.9 Å². The van der Waals surface area contributed by atoms with E-state index in [4.69, 9.17) is 10.5 Å². The molecule has 0 saturated carbocycles. The molecule has 23 heavy (non-hydrogen) atoms. The number of amidine groups is 1. The number of aliphatic imine (C=N–C) groups is 1. The van der Waals surface area contributed by atoms with Crippen LogP contribution in [-0.4, -0.2) is 36.5 Å². The summed E-state index contributed by atoms with van der Waals surface area (Å²) in [5.74, 6) is 1.61. The molecule has 124 valence electrons. The molecule has 1 aliphatic rings. The van der Waals surface area contributed by atoms with Gasteiger partial charge in [-0.1, -0.05) is 39.0 Å². The molecule has 1 aliphatic heterocycles. The fourth-order valence-electron chi connectivity index (χ4n) is 2.62. The van der Waals surface area contributed by atoms with Gasteiger partial charge in [-0.15, -0.1) is 0 Å². The van der Waals surface area contributed by atoms with E-state index in [1.165, 1.54) is 0 Å². The first-order chi connectivity index (χ1) is 10.7. The molecule has 1 unspecified atom stereocenters. The largest absolute Gasteiger partial charge is 0.493 e. The number of hydrogen-bond donors (Lipinski definition) is 1. The monoisotopic (exact) mass is 316 g/mol. The standard InChI is InChI=1S/C18H25N3O2/c1-18(2,3)14-8-5-6-9-15(14)23-13-10-16-20-11-7-12-21(16,4)17(19)22/h5-9,11H,10,12-13H2,1-4H3,(H-,19,22)/p+1. The molecule has 2 amide bonds. The van der Waals surface area contributed by atoms with Crippen molar-refractivity contribution in [3.63, 3.8) is 0 Å². The summed E-state index contributed by atoms with van der Waals surface area (Å²) in [4.78, 5) is 16.1. The number of ether oxygens (including phenoxy) is 1. The number of likely N-dealkylation sites (N-methyl/N-ethyl adjacent to an activating group) is 1. The summed E-state index contributed by atoms with van der Waals surface area (Å²) in [5, 5.41) is 0. The number of nitrogens with two attached hydrogens (primary N) is 1. The maximum absolute atomic E-state index is 11.7. The fraction of sp³-hybridized carbons (Fsp3) is 0.444. The van der Waals surface area contributed by atoms with Crippen LogP contribution >= 0.6 is 0 Å². The molecule has 0 radical (unpaired) electrons. The van der Waals surface area contributed by atoms with Gasteiger partial charge in [-0.25, -0.2) is 9.79 Å². The van der Waals surface area contributed by atoms with Crippen LogP contribution in [0.4, 0.5) is 4.79 Å². The quantitative estimate of drug-likeness (QED) is 0.867. The Morgan fingerprint density at radius 2 is 2.04 bits per heavy atom. The number of amides is 2. The van der Waals surface area contributed by atoms with E-state index in [1.807, 2.05) is 24.3 Å². The van der Waals surface area contributed by atoms with Crippen LogP contribution in [0, 0.1) is 0 Å². The third-order valence-corrected chi connectivity index (χ3v) is 4.13. The molecule has 2 N–H and O–H groups in total. The highest BCUT2D eigenvalue weighted by Crippen LogP contribution is 2.31. The molecule has 1 aromatic rings. The number of rotatable bonds is 4. The van der Waals surface area contributed by atoms with Gasteiger partial charge in [0.15, 0.2) is 0 Å². The van der Waals surface area contributed by atoms with Crippen LogP contribution < -0.4 is 10.5 Å². The van der Waals surface area contributed by atoms with Crippen molar-refractivity contribution in [3.05, 3.63) is 42.1 Å². The highest BCUT2D eigenvalue weighted by atomic mass is 16.5. The molecule has 1 heterocycles. The Kier molecular flexibility index (Phi) is 4.90. The van der Waals surface area contributed by atoms with Gasteiger partial charge in [0.1, 0.15) is 12.3 Å². The zero-order valence-corrected chi connectivity index (χ0v) is 14.4. The number of urea groups is 1. The predicted molar refractivity (Wildman–Crippen MR) is 92.5 cm³/mol. The van der Waals surface area contributed by atoms with Crippen LogP contribution in [0.25, 0.3) is 0 Å². The van der Waals surface area contributed by atoms with Gasteiger partial charge in [0.05, 0.1) is 20.1 Å². The minimum absolute atomic E-state index is 0.0134. The van der Waals surface area contributed by atoms with Gasteiger partial charge in [0.25, 0.3) is 0 Å². The molecule has 0 fully saturated rings. The van der Waals surface area contributed by atoms with Crippen molar-refractivity contribution in [3.8, 4) is 5.75 Å². The molecule has 0 bridgehead atoms. The summed E-state index contributed by atoms with van der Waals surface area (Å²) in [6, 6.07) is 7.65. The SMILES string of the molecule is CC(C)(C)c1ccccc1OCCC1=NC=CC[N+]1(C)C(N)=O. The number of para-hydroxylation sites is 1. The maximum atomic E-state index is 11.7. The van der Waals surface area contributed by atoms with Crippen molar-refractivity contribution in [2.24, 2.45) is 10.7 Å². The lowest BCUT2D eigenvalue weighted by Crippen LogP contribution is -2.57. The number of carbonyl (C=O) groups excluding carboxylic acids is 1. The summed E-state index contributed by atoms with van der Waals surface area (Å²) in [6.45, 7) is 7.47. The molecule has 1 aromatic carbocycles. The van der Waals surface area contributed by atoms with E-state index in [1.54, 1.807) is 13.2 Å². The minimum atomic E-state index is -0.400. The second kappa shape index (κ2) is 6.54. The number of benzene rings is 1. The average Bonchev–Trinajstić information content (AvgIpc) is 2.48. The Morgan fingerprint density at radius 1 is 1.35 bits per heavy atom. The van der Waals surface area contributed by atoms with Crippen molar-refractivity contribution in [2.45, 2.75) is 32.6 Å². The molecule has 5 heteroatoms. The Morgan fingerprint density at radius 3 is 2.70 bits per heavy atom. The normalized spacial score (nSPS) is 21.0. The van der Waals surface area contributed by atoms with Gasteiger partial charge in [0.2, 0.25) is 5.84 Å². The molecule has 5 nitrogen and oxygen atoms in total. The number of quaternary nitrogens is 1. The Labute approximate surface area is 138 Å². The third-order valence-electron chi connectivity index (χ3n) is 4.13. The van der Waals surface area contributed by atoms with Crippen LogP contribution in [0.1, 0.15) is 32.8 Å². The van der Waals surface area contributed by atoms with Crippen LogP contribution in [0.2, 0.25) is 0 Å². The van der Waals surface area contributed by atoms with Crippen LogP contribution in [0.3, 0.4) is 0 Å². The van der Waals surface area contributed by atoms with Gasteiger partial charge in [0, 0.05) is 6.20 Å². The minimum Gasteiger partial charge on any atom is -0.493 e. The summed E-state index contributed by atoms with van der Waals surface area (Å²) in [7, 11) is 1.79. The topological polar surface area (TPSA) is 64.7 Å². The van der Waals surface area contributed by atoms with Crippen molar-refractivity contribution in [1.82, 2.24) is 0 Å². The highest BCUT2D eigenvalue weighted by Gasteiger charge is 2.36. The van der Waals surface area contributed by atoms with E-state index in [0.29, 0.717) is 19.6 Å². The molecule has 2 rings (SSSR count). The summed E-state index contributed by atoms with van der Waals surface area (Å²) in [6.07, 6.45) is 4.13. The Balaban J connectivity index is 2.07. The van der Waals surface area contributed by atoms with E-state index >= 15 is 0 Å². The van der Waals surface area contributed by atoms with E-state index < -0.39 is 6.03 Å². The molecular formula is C18H26N3O2+. The summed E-state index contributed by atoms with van der Waals surface area (Å²) in [5.41, 5.74) is 6.71. The molecule has 1 atom stereocenters. The zero-order valence-electron chi connectivity index (χ0n) is 14.4. The first-order valence-corrected chi connectivity index (χ1v) is 7.85. The number of carbonyl (C=O) groups is 1. The molecule has 0 aromatic heterocycles. The second-order valence-electron chi connectivity index (χ2n) is 6.99.